The first kappa shape index (κ1) is 10.5. The van der Waals surface area contributed by atoms with Crippen LogP contribution in [-0.4, -0.2) is 18.6 Å². The van der Waals surface area contributed by atoms with Crippen LogP contribution < -0.4 is 15.8 Å². The first-order valence-corrected chi connectivity index (χ1v) is 5.04. The molecule has 2 rings (SSSR count). The second-order valence-electron chi connectivity index (χ2n) is 3.09. The summed E-state index contributed by atoms with van der Waals surface area (Å²) in [6, 6.07) is 3.12. The molecule has 0 aliphatic carbocycles. The number of nitrogens with one attached hydrogen (secondary N) is 1. The van der Waals surface area contributed by atoms with Crippen molar-refractivity contribution < 1.29 is 9.53 Å². The van der Waals surface area contributed by atoms with Crippen molar-refractivity contribution in [3.8, 4) is 5.75 Å². The van der Waals surface area contributed by atoms with E-state index >= 15 is 0 Å². The minimum atomic E-state index is -0.688. The molecule has 15 heavy (non-hydrogen) atoms. The van der Waals surface area contributed by atoms with E-state index in [4.69, 9.17) is 33.7 Å². The van der Waals surface area contributed by atoms with Gasteiger partial charge in [-0.05, 0) is 6.07 Å². The van der Waals surface area contributed by atoms with E-state index in [0.717, 1.165) is 0 Å². The van der Waals surface area contributed by atoms with Crippen molar-refractivity contribution in [3.63, 3.8) is 0 Å². The molecule has 1 heterocycles. The Morgan fingerprint density at radius 3 is 2.87 bits per heavy atom. The lowest BCUT2D eigenvalue weighted by molar-refractivity contribution is -0.123. The van der Waals surface area contributed by atoms with E-state index in [1.807, 2.05) is 0 Å². The van der Waals surface area contributed by atoms with Crippen LogP contribution in [0.15, 0.2) is 12.1 Å². The van der Waals surface area contributed by atoms with Crippen LogP contribution in [0.5, 0.6) is 5.75 Å². The number of nitrogens with two attached hydrogens (primary N) is 1. The molecule has 0 bridgehead atoms. The second kappa shape index (κ2) is 3.89. The average molecular weight is 247 g/mol. The normalized spacial score (nSPS) is 19.1. The van der Waals surface area contributed by atoms with Crippen LogP contribution in [0.1, 0.15) is 0 Å². The van der Waals surface area contributed by atoms with E-state index in [1.54, 1.807) is 6.07 Å². The van der Waals surface area contributed by atoms with E-state index in [-0.39, 0.29) is 12.5 Å². The van der Waals surface area contributed by atoms with Gasteiger partial charge >= 0.3 is 0 Å². The number of amides is 1. The van der Waals surface area contributed by atoms with Crippen LogP contribution in [0, 0.1) is 0 Å². The van der Waals surface area contributed by atoms with Gasteiger partial charge in [0.2, 0.25) is 0 Å². The number of benzene rings is 1. The molecule has 80 valence electrons. The van der Waals surface area contributed by atoms with Gasteiger partial charge in [-0.25, -0.2) is 0 Å². The average Bonchev–Trinajstić information content (AvgIpc) is 2.18. The lowest BCUT2D eigenvalue weighted by Crippen LogP contribution is -2.42. The van der Waals surface area contributed by atoms with E-state index in [2.05, 4.69) is 5.32 Å². The van der Waals surface area contributed by atoms with Crippen LogP contribution >= 0.6 is 23.2 Å². The molecule has 3 N–H and O–H groups in total. The third-order valence-electron chi connectivity index (χ3n) is 2.04. The van der Waals surface area contributed by atoms with Crippen LogP contribution in [0.4, 0.5) is 5.69 Å². The third-order valence-corrected chi connectivity index (χ3v) is 2.56. The molecule has 1 amide bonds. The zero-order valence-corrected chi connectivity index (χ0v) is 9.10. The fourth-order valence-corrected chi connectivity index (χ4v) is 1.85. The summed E-state index contributed by atoms with van der Waals surface area (Å²) in [5.74, 6) is 0.150. The highest BCUT2D eigenvalue weighted by molar-refractivity contribution is 6.37. The number of hydrogen-bond donors (Lipinski definition) is 2. The number of hydrogen-bond acceptors (Lipinski definition) is 3. The van der Waals surface area contributed by atoms with Gasteiger partial charge in [-0.3, -0.25) is 4.79 Å². The third kappa shape index (κ3) is 1.88. The van der Waals surface area contributed by atoms with E-state index in [9.17, 15) is 4.79 Å². The first-order valence-electron chi connectivity index (χ1n) is 4.28. The number of carbonyl (C=O) groups excluding carboxylic acids is 1. The summed E-state index contributed by atoms with van der Waals surface area (Å²) in [7, 11) is 0. The van der Waals surface area contributed by atoms with E-state index < -0.39 is 6.10 Å². The molecule has 1 unspecified atom stereocenters. The molecule has 1 aromatic rings. The maximum absolute atomic E-state index is 11.4. The van der Waals surface area contributed by atoms with Crippen LogP contribution in [0.3, 0.4) is 0 Å². The molecule has 0 radical (unpaired) electrons. The maximum Gasteiger partial charge on any atom is 0.266 e. The summed E-state index contributed by atoms with van der Waals surface area (Å²) < 4.78 is 5.35. The maximum atomic E-state index is 11.4. The van der Waals surface area contributed by atoms with Crippen LogP contribution in [-0.2, 0) is 4.79 Å². The zero-order valence-electron chi connectivity index (χ0n) is 7.59. The van der Waals surface area contributed by atoms with Crippen molar-refractivity contribution in [2.75, 3.05) is 11.9 Å². The summed E-state index contributed by atoms with van der Waals surface area (Å²) in [5, 5.41) is 3.42. The predicted molar refractivity (Wildman–Crippen MR) is 58.6 cm³/mol. The lowest BCUT2D eigenvalue weighted by Gasteiger charge is -2.25. The quantitative estimate of drug-likeness (QED) is 0.793. The molecule has 1 atom stereocenters. The molecule has 1 aliphatic rings. The molecule has 1 aliphatic heterocycles. The first-order chi connectivity index (χ1) is 7.11. The predicted octanol–water partition coefficient (Wildman–Crippen LogP) is 1.65. The van der Waals surface area contributed by atoms with Gasteiger partial charge in [0.15, 0.2) is 6.10 Å². The molecule has 0 aromatic heterocycles. The van der Waals surface area contributed by atoms with Crippen LogP contribution in [0.25, 0.3) is 0 Å². The zero-order chi connectivity index (χ0) is 11.0. The number of fused-ring (bicyclic) bond motifs is 1. The molecule has 0 spiro atoms. The number of carbonyl (C=O) groups is 1. The molecule has 1 aromatic carbocycles. The fourth-order valence-electron chi connectivity index (χ4n) is 1.33. The van der Waals surface area contributed by atoms with Crippen molar-refractivity contribution in [3.05, 3.63) is 22.2 Å². The Balaban J connectivity index is 2.45. The Morgan fingerprint density at radius 2 is 2.20 bits per heavy atom. The number of halogens is 2. The van der Waals surface area contributed by atoms with Crippen molar-refractivity contribution in [1.82, 2.24) is 0 Å². The Bertz CT molecular complexity index is 423. The van der Waals surface area contributed by atoms with Gasteiger partial charge < -0.3 is 15.8 Å². The van der Waals surface area contributed by atoms with Gasteiger partial charge in [-0.1, -0.05) is 23.2 Å². The molecule has 0 saturated carbocycles. The molecule has 4 nitrogen and oxygen atoms in total. The van der Waals surface area contributed by atoms with E-state index in [0.29, 0.717) is 21.5 Å². The summed E-state index contributed by atoms with van der Waals surface area (Å²) in [6.45, 7) is 0.107. The molecule has 0 fully saturated rings. The van der Waals surface area contributed by atoms with Gasteiger partial charge in [-0.2, -0.15) is 0 Å². The summed E-state index contributed by atoms with van der Waals surface area (Å²) in [6.07, 6.45) is -0.688. The summed E-state index contributed by atoms with van der Waals surface area (Å²) >= 11 is 11.7. The monoisotopic (exact) mass is 246 g/mol. The Kier molecular flexibility index (Phi) is 2.73. The molecular weight excluding hydrogens is 239 g/mol. The van der Waals surface area contributed by atoms with Crippen molar-refractivity contribution >= 4 is 34.8 Å². The van der Waals surface area contributed by atoms with Crippen molar-refractivity contribution in [2.24, 2.45) is 5.73 Å². The smallest absolute Gasteiger partial charge is 0.266 e. The highest BCUT2D eigenvalue weighted by Gasteiger charge is 2.28. The standard InChI is InChI=1S/C9H8Cl2N2O2/c10-4-1-5(11)8-6(2-4)15-7(3-12)9(14)13-8/h1-2,7H,3,12H2,(H,13,14). The van der Waals surface area contributed by atoms with Crippen LogP contribution in [0.2, 0.25) is 10.0 Å². The minimum absolute atomic E-state index is 0.107. The van der Waals surface area contributed by atoms with E-state index in [1.165, 1.54) is 6.07 Å². The summed E-state index contributed by atoms with van der Waals surface area (Å²) in [4.78, 5) is 11.4. The molecule has 6 heteroatoms. The molecular formula is C9H8Cl2N2O2. The number of rotatable bonds is 1. The van der Waals surface area contributed by atoms with Gasteiger partial charge in [0.05, 0.1) is 5.02 Å². The van der Waals surface area contributed by atoms with Crippen molar-refractivity contribution in [2.45, 2.75) is 6.10 Å². The molecule has 0 saturated heterocycles. The number of anilines is 1. The highest BCUT2D eigenvalue weighted by atomic mass is 35.5. The van der Waals surface area contributed by atoms with Gasteiger partial charge in [0.1, 0.15) is 11.4 Å². The van der Waals surface area contributed by atoms with Crippen molar-refractivity contribution in [1.29, 1.82) is 0 Å². The van der Waals surface area contributed by atoms with Gasteiger partial charge in [-0.15, -0.1) is 0 Å². The Hall–Kier alpha value is -0.970. The SMILES string of the molecule is NCC1Oc2cc(Cl)cc(Cl)c2NC1=O. The topological polar surface area (TPSA) is 64.3 Å². The second-order valence-corrected chi connectivity index (χ2v) is 3.94. The Labute approximate surface area is 96.3 Å². The summed E-state index contributed by atoms with van der Waals surface area (Å²) in [5.41, 5.74) is 5.82. The largest absolute Gasteiger partial charge is 0.477 e. The fraction of sp³-hybridized carbons (Fsp3) is 0.222. The number of ether oxygens (including phenoxy) is 1. The van der Waals surface area contributed by atoms with Gasteiger partial charge in [0, 0.05) is 17.6 Å². The Morgan fingerprint density at radius 1 is 1.47 bits per heavy atom. The minimum Gasteiger partial charge on any atom is -0.477 e. The van der Waals surface area contributed by atoms with Gasteiger partial charge in [0.25, 0.3) is 5.91 Å². The lowest BCUT2D eigenvalue weighted by atomic mass is 10.2. The highest BCUT2D eigenvalue weighted by Crippen LogP contribution is 2.38.